The fourth-order valence-corrected chi connectivity index (χ4v) is 2.09. The molecular weight excluding hydrogens is 280 g/mol. The normalized spacial score (nSPS) is 10.4. The number of hydrogen-bond acceptors (Lipinski definition) is 2. The van der Waals surface area contributed by atoms with Crippen molar-refractivity contribution in [3.05, 3.63) is 62.4 Å². The van der Waals surface area contributed by atoms with Gasteiger partial charge in [-0.2, -0.15) is 0 Å². The van der Waals surface area contributed by atoms with E-state index >= 15 is 0 Å². The van der Waals surface area contributed by atoms with Crippen LogP contribution in [0, 0.1) is 15.9 Å². The Labute approximate surface area is 112 Å². The molecular formula is C12H6Cl2FNO2. The van der Waals surface area contributed by atoms with Crippen molar-refractivity contribution in [2.75, 3.05) is 0 Å². The van der Waals surface area contributed by atoms with E-state index in [0.717, 1.165) is 6.07 Å². The molecule has 0 saturated carbocycles. The van der Waals surface area contributed by atoms with Crippen LogP contribution in [0.1, 0.15) is 0 Å². The van der Waals surface area contributed by atoms with Crippen LogP contribution < -0.4 is 0 Å². The minimum absolute atomic E-state index is 0.318. The summed E-state index contributed by atoms with van der Waals surface area (Å²) in [6, 6.07) is 7.97. The summed E-state index contributed by atoms with van der Waals surface area (Å²) in [5, 5.41) is 11.4. The Morgan fingerprint density at radius 1 is 0.944 bits per heavy atom. The van der Waals surface area contributed by atoms with Crippen LogP contribution in [-0.4, -0.2) is 4.92 Å². The topological polar surface area (TPSA) is 43.1 Å². The molecule has 0 aliphatic rings. The predicted molar refractivity (Wildman–Crippen MR) is 68.5 cm³/mol. The molecule has 0 amide bonds. The van der Waals surface area contributed by atoms with E-state index in [2.05, 4.69) is 0 Å². The van der Waals surface area contributed by atoms with Crippen LogP contribution in [0.5, 0.6) is 0 Å². The lowest BCUT2D eigenvalue weighted by molar-refractivity contribution is -0.385. The van der Waals surface area contributed by atoms with Gasteiger partial charge < -0.3 is 0 Å². The van der Waals surface area contributed by atoms with Crippen molar-refractivity contribution < 1.29 is 9.31 Å². The highest BCUT2D eigenvalue weighted by molar-refractivity contribution is 6.35. The van der Waals surface area contributed by atoms with Crippen molar-refractivity contribution in [2.45, 2.75) is 0 Å². The molecule has 0 aliphatic carbocycles. The van der Waals surface area contributed by atoms with E-state index in [1.165, 1.54) is 18.2 Å². The van der Waals surface area contributed by atoms with Gasteiger partial charge in [-0.25, -0.2) is 4.39 Å². The Morgan fingerprint density at radius 2 is 1.50 bits per heavy atom. The average molecular weight is 286 g/mol. The summed E-state index contributed by atoms with van der Waals surface area (Å²) in [4.78, 5) is 10.0. The van der Waals surface area contributed by atoms with Crippen LogP contribution in [0.4, 0.5) is 10.1 Å². The molecule has 2 aromatic rings. The molecule has 3 nitrogen and oxygen atoms in total. The van der Waals surface area contributed by atoms with Gasteiger partial charge in [0.2, 0.25) is 0 Å². The molecule has 92 valence electrons. The molecule has 0 unspecified atom stereocenters. The first-order chi connectivity index (χ1) is 8.45. The molecule has 0 heterocycles. The van der Waals surface area contributed by atoms with Crippen molar-refractivity contribution in [1.82, 2.24) is 0 Å². The quantitative estimate of drug-likeness (QED) is 0.592. The zero-order valence-corrected chi connectivity index (χ0v) is 10.4. The Bertz CT molecular complexity index is 611. The molecule has 0 fully saturated rings. The number of rotatable bonds is 2. The van der Waals surface area contributed by atoms with Crippen LogP contribution in [0.3, 0.4) is 0 Å². The van der Waals surface area contributed by atoms with Crippen molar-refractivity contribution >= 4 is 28.9 Å². The van der Waals surface area contributed by atoms with Gasteiger partial charge in [-0.15, -0.1) is 0 Å². The molecule has 2 aromatic carbocycles. The number of nitrogens with zero attached hydrogens (tertiary/aromatic N) is 1. The third-order valence-electron chi connectivity index (χ3n) is 2.29. The minimum Gasteiger partial charge on any atom is -0.258 e. The molecule has 0 atom stereocenters. The van der Waals surface area contributed by atoms with Gasteiger partial charge in [0.15, 0.2) is 0 Å². The third-order valence-corrected chi connectivity index (χ3v) is 2.73. The monoisotopic (exact) mass is 285 g/mol. The van der Waals surface area contributed by atoms with Gasteiger partial charge >= 0.3 is 0 Å². The van der Waals surface area contributed by atoms with E-state index in [1.807, 2.05) is 0 Å². The van der Waals surface area contributed by atoms with Gasteiger partial charge in [0.05, 0.1) is 11.0 Å². The Hall–Kier alpha value is -1.65. The maximum Gasteiger partial charge on any atom is 0.272 e. The first-order valence-electron chi connectivity index (χ1n) is 4.87. The highest BCUT2D eigenvalue weighted by atomic mass is 35.5. The van der Waals surface area contributed by atoms with Gasteiger partial charge in [-0.1, -0.05) is 23.2 Å². The highest BCUT2D eigenvalue weighted by Crippen LogP contribution is 2.30. The number of hydrogen-bond donors (Lipinski definition) is 0. The maximum absolute atomic E-state index is 13.3. The SMILES string of the molecule is O=[N+]([O-])c1cc(F)cc(-c2cc(Cl)cc(Cl)c2)c1. The van der Waals surface area contributed by atoms with E-state index in [0.29, 0.717) is 21.2 Å². The van der Waals surface area contributed by atoms with Gasteiger partial charge in [-0.05, 0) is 35.4 Å². The van der Waals surface area contributed by atoms with Crippen molar-refractivity contribution in [3.63, 3.8) is 0 Å². The van der Waals surface area contributed by atoms with Crippen LogP contribution in [0.2, 0.25) is 10.0 Å². The Balaban J connectivity index is 2.59. The molecule has 0 spiro atoms. The van der Waals surface area contributed by atoms with Gasteiger partial charge in [0.1, 0.15) is 5.82 Å². The van der Waals surface area contributed by atoms with Gasteiger partial charge in [0.25, 0.3) is 5.69 Å². The summed E-state index contributed by atoms with van der Waals surface area (Å²) in [5.41, 5.74) is 0.558. The van der Waals surface area contributed by atoms with Crippen molar-refractivity contribution in [1.29, 1.82) is 0 Å². The molecule has 6 heteroatoms. The molecule has 0 N–H and O–H groups in total. The lowest BCUT2D eigenvalue weighted by atomic mass is 10.1. The standard InChI is InChI=1S/C12H6Cl2FNO2/c13-9-1-7(2-10(14)5-9)8-3-11(15)6-12(4-8)16(17)18/h1-6H. The second-order valence-electron chi connectivity index (χ2n) is 3.61. The summed E-state index contributed by atoms with van der Waals surface area (Å²) in [7, 11) is 0. The zero-order valence-electron chi connectivity index (χ0n) is 8.86. The smallest absolute Gasteiger partial charge is 0.258 e. The lowest BCUT2D eigenvalue weighted by Gasteiger charge is -2.04. The maximum atomic E-state index is 13.3. The average Bonchev–Trinajstić information content (AvgIpc) is 2.26. The number of halogens is 3. The summed E-state index contributed by atoms with van der Waals surface area (Å²) in [6.45, 7) is 0. The number of non-ortho nitro benzene ring substituents is 1. The minimum atomic E-state index is -0.685. The first kappa shape index (κ1) is 12.8. The van der Waals surface area contributed by atoms with E-state index in [9.17, 15) is 14.5 Å². The number of nitro groups is 1. The summed E-state index contributed by atoms with van der Waals surface area (Å²) in [5.74, 6) is -0.685. The molecule has 0 aromatic heterocycles. The van der Waals surface area contributed by atoms with E-state index in [1.54, 1.807) is 12.1 Å². The number of nitro benzene ring substituents is 1. The van der Waals surface area contributed by atoms with Crippen molar-refractivity contribution in [2.24, 2.45) is 0 Å². The van der Waals surface area contributed by atoms with Gasteiger partial charge in [0, 0.05) is 16.1 Å². The Kier molecular flexibility index (Phi) is 3.50. The number of benzene rings is 2. The molecule has 0 aliphatic heterocycles. The lowest BCUT2D eigenvalue weighted by Crippen LogP contribution is -1.90. The summed E-state index contributed by atoms with van der Waals surface area (Å²) < 4.78 is 13.3. The fourth-order valence-electron chi connectivity index (χ4n) is 1.57. The largest absolute Gasteiger partial charge is 0.272 e. The highest BCUT2D eigenvalue weighted by Gasteiger charge is 2.11. The first-order valence-corrected chi connectivity index (χ1v) is 5.63. The molecule has 0 radical (unpaired) electrons. The van der Waals surface area contributed by atoms with Crippen molar-refractivity contribution in [3.8, 4) is 11.1 Å². The summed E-state index contributed by atoms with van der Waals surface area (Å²) in [6.07, 6.45) is 0. The van der Waals surface area contributed by atoms with Crippen LogP contribution in [0.25, 0.3) is 11.1 Å². The second-order valence-corrected chi connectivity index (χ2v) is 4.49. The molecule has 18 heavy (non-hydrogen) atoms. The van der Waals surface area contributed by atoms with Crippen LogP contribution in [0.15, 0.2) is 36.4 Å². The van der Waals surface area contributed by atoms with E-state index < -0.39 is 10.7 Å². The summed E-state index contributed by atoms with van der Waals surface area (Å²) >= 11 is 11.7. The third kappa shape index (κ3) is 2.78. The van der Waals surface area contributed by atoms with Crippen LogP contribution in [-0.2, 0) is 0 Å². The molecule has 0 saturated heterocycles. The zero-order chi connectivity index (χ0) is 13.3. The fraction of sp³-hybridized carbons (Fsp3) is 0. The van der Waals surface area contributed by atoms with Gasteiger partial charge in [-0.3, -0.25) is 10.1 Å². The molecule has 2 rings (SSSR count). The van der Waals surface area contributed by atoms with E-state index in [-0.39, 0.29) is 5.69 Å². The van der Waals surface area contributed by atoms with Crippen LogP contribution >= 0.6 is 23.2 Å². The Morgan fingerprint density at radius 3 is 2.06 bits per heavy atom. The molecule has 0 bridgehead atoms. The second kappa shape index (κ2) is 4.92. The predicted octanol–water partition coefficient (Wildman–Crippen LogP) is 4.71. The van der Waals surface area contributed by atoms with E-state index in [4.69, 9.17) is 23.2 Å².